The van der Waals surface area contributed by atoms with Crippen molar-refractivity contribution < 1.29 is 9.53 Å². The van der Waals surface area contributed by atoms with Crippen molar-refractivity contribution in [3.63, 3.8) is 0 Å². The zero-order valence-corrected chi connectivity index (χ0v) is 11.2. The van der Waals surface area contributed by atoms with Crippen molar-refractivity contribution in [1.29, 1.82) is 0 Å². The first kappa shape index (κ1) is 12.5. The van der Waals surface area contributed by atoms with Crippen molar-refractivity contribution in [3.8, 4) is 0 Å². The van der Waals surface area contributed by atoms with Crippen LogP contribution in [0.4, 0.5) is 0 Å². The summed E-state index contributed by atoms with van der Waals surface area (Å²) in [6.45, 7) is 1.85. The number of rotatable bonds is 2. The van der Waals surface area contributed by atoms with Gasteiger partial charge in [0.1, 0.15) is 5.70 Å². The quantitative estimate of drug-likeness (QED) is 0.670. The van der Waals surface area contributed by atoms with Crippen LogP contribution in [0.25, 0.3) is 6.08 Å². The van der Waals surface area contributed by atoms with E-state index in [9.17, 15) is 4.79 Å². The largest absolute Gasteiger partial charge is 0.430 e. The molecule has 20 heavy (non-hydrogen) atoms. The van der Waals surface area contributed by atoms with Crippen molar-refractivity contribution in [2.75, 3.05) is 0 Å². The molecule has 0 saturated carbocycles. The molecule has 1 unspecified atom stereocenters. The lowest BCUT2D eigenvalue weighted by atomic mass is 10.1. The van der Waals surface area contributed by atoms with Gasteiger partial charge < -0.3 is 10.1 Å². The second-order valence-corrected chi connectivity index (χ2v) is 4.88. The molecule has 0 aliphatic carbocycles. The molecule has 1 atom stereocenters. The van der Waals surface area contributed by atoms with Crippen molar-refractivity contribution in [2.24, 2.45) is 0 Å². The van der Waals surface area contributed by atoms with Gasteiger partial charge in [-0.2, -0.15) is 0 Å². The maximum Gasteiger partial charge on any atom is 0.356 e. The minimum Gasteiger partial charge on any atom is -0.430 e. The van der Waals surface area contributed by atoms with Crippen LogP contribution >= 0.6 is 0 Å². The Bertz CT molecular complexity index is 649. The van der Waals surface area contributed by atoms with E-state index in [0.29, 0.717) is 5.70 Å². The monoisotopic (exact) mass is 265 g/mol. The predicted molar refractivity (Wildman–Crippen MR) is 77.4 cm³/mol. The summed E-state index contributed by atoms with van der Waals surface area (Å²) < 4.78 is 5.50. The number of nitrogens with one attached hydrogen (secondary N) is 1. The van der Waals surface area contributed by atoms with E-state index in [1.165, 1.54) is 0 Å². The average molecular weight is 265 g/mol. The first-order valence-corrected chi connectivity index (χ1v) is 6.51. The second kappa shape index (κ2) is 4.85. The van der Waals surface area contributed by atoms with Crippen LogP contribution in [0.1, 0.15) is 18.1 Å². The first-order valence-electron chi connectivity index (χ1n) is 6.51. The van der Waals surface area contributed by atoms with Crippen LogP contribution in [-0.4, -0.2) is 5.97 Å². The summed E-state index contributed by atoms with van der Waals surface area (Å²) in [6, 6.07) is 19.4. The molecule has 3 heteroatoms. The first-order chi connectivity index (χ1) is 9.67. The minimum atomic E-state index is -0.807. The third kappa shape index (κ3) is 2.30. The van der Waals surface area contributed by atoms with Gasteiger partial charge >= 0.3 is 5.97 Å². The van der Waals surface area contributed by atoms with Crippen LogP contribution < -0.4 is 5.32 Å². The summed E-state index contributed by atoms with van der Waals surface area (Å²) >= 11 is 0. The van der Waals surface area contributed by atoms with Crippen LogP contribution in [0.3, 0.4) is 0 Å². The van der Waals surface area contributed by atoms with Gasteiger partial charge in [0.05, 0.1) is 0 Å². The van der Waals surface area contributed by atoms with E-state index in [2.05, 4.69) is 5.32 Å². The molecule has 0 aromatic heterocycles. The third-order valence-electron chi connectivity index (χ3n) is 3.33. The molecule has 0 bridgehead atoms. The molecule has 0 amide bonds. The van der Waals surface area contributed by atoms with E-state index in [-0.39, 0.29) is 5.97 Å². The molecule has 1 aliphatic heterocycles. The van der Waals surface area contributed by atoms with Gasteiger partial charge in [0, 0.05) is 5.56 Å². The van der Waals surface area contributed by atoms with Gasteiger partial charge in [0.15, 0.2) is 0 Å². The van der Waals surface area contributed by atoms with Gasteiger partial charge in [-0.25, -0.2) is 4.79 Å². The van der Waals surface area contributed by atoms with Gasteiger partial charge in [-0.1, -0.05) is 60.7 Å². The number of hydrogen-bond acceptors (Lipinski definition) is 3. The molecule has 1 saturated heterocycles. The Balaban J connectivity index is 1.91. The molecule has 1 fully saturated rings. The third-order valence-corrected chi connectivity index (χ3v) is 3.33. The standard InChI is InChI=1S/C17H15NO2/c1-17(14-10-6-3-7-11-14)18-15(16(19)20-17)12-13-8-4-2-5-9-13/h2-12,18H,1H3/b15-12-. The lowest BCUT2D eigenvalue weighted by Crippen LogP contribution is -2.33. The van der Waals surface area contributed by atoms with Crippen molar-refractivity contribution in [3.05, 3.63) is 77.5 Å². The van der Waals surface area contributed by atoms with E-state index < -0.39 is 5.72 Å². The number of carbonyl (C=O) groups excluding carboxylic acids is 1. The molecule has 100 valence electrons. The van der Waals surface area contributed by atoms with E-state index in [4.69, 9.17) is 4.74 Å². The highest BCUT2D eigenvalue weighted by atomic mass is 16.6. The molecule has 3 rings (SSSR count). The van der Waals surface area contributed by atoms with E-state index in [1.54, 1.807) is 6.08 Å². The Morgan fingerprint density at radius 1 is 1.00 bits per heavy atom. The molecule has 3 nitrogen and oxygen atoms in total. The molecular weight excluding hydrogens is 250 g/mol. The van der Waals surface area contributed by atoms with E-state index in [1.807, 2.05) is 67.6 Å². The molecular formula is C17H15NO2. The maximum absolute atomic E-state index is 12.0. The molecule has 1 N–H and O–H groups in total. The van der Waals surface area contributed by atoms with Gasteiger partial charge in [-0.15, -0.1) is 0 Å². The van der Waals surface area contributed by atoms with Crippen LogP contribution in [-0.2, 0) is 15.3 Å². The van der Waals surface area contributed by atoms with Crippen LogP contribution in [0, 0.1) is 0 Å². The van der Waals surface area contributed by atoms with Gasteiger partial charge in [0.25, 0.3) is 0 Å². The zero-order valence-electron chi connectivity index (χ0n) is 11.2. The van der Waals surface area contributed by atoms with Gasteiger partial charge in [0.2, 0.25) is 5.72 Å². The Hall–Kier alpha value is -2.55. The fraction of sp³-hybridized carbons (Fsp3) is 0.118. The zero-order chi connectivity index (χ0) is 14.0. The lowest BCUT2D eigenvalue weighted by molar-refractivity contribution is -0.146. The summed E-state index contributed by atoms with van der Waals surface area (Å²) in [7, 11) is 0. The highest BCUT2D eigenvalue weighted by Crippen LogP contribution is 2.30. The predicted octanol–water partition coefficient (Wildman–Crippen LogP) is 3.05. The van der Waals surface area contributed by atoms with Gasteiger partial charge in [-0.3, -0.25) is 0 Å². The molecule has 1 aliphatic rings. The van der Waals surface area contributed by atoms with Crippen molar-refractivity contribution >= 4 is 12.0 Å². The Labute approximate surface area is 117 Å². The summed E-state index contributed by atoms with van der Waals surface area (Å²) in [6.07, 6.45) is 1.80. The highest BCUT2D eigenvalue weighted by Gasteiger charge is 2.40. The van der Waals surface area contributed by atoms with E-state index in [0.717, 1.165) is 11.1 Å². The summed E-state index contributed by atoms with van der Waals surface area (Å²) in [5, 5.41) is 3.17. The van der Waals surface area contributed by atoms with Crippen LogP contribution in [0.5, 0.6) is 0 Å². The number of esters is 1. The number of cyclic esters (lactones) is 1. The number of ether oxygens (including phenoxy) is 1. The number of benzene rings is 2. The van der Waals surface area contributed by atoms with E-state index >= 15 is 0 Å². The fourth-order valence-corrected chi connectivity index (χ4v) is 2.27. The minimum absolute atomic E-state index is 0.333. The average Bonchev–Trinajstić information content (AvgIpc) is 2.77. The summed E-state index contributed by atoms with van der Waals surface area (Å²) in [5.74, 6) is -0.333. The highest BCUT2D eigenvalue weighted by molar-refractivity contribution is 5.95. The van der Waals surface area contributed by atoms with Gasteiger partial charge in [-0.05, 0) is 18.6 Å². The normalized spacial score (nSPS) is 23.4. The Morgan fingerprint density at radius 2 is 1.60 bits per heavy atom. The Morgan fingerprint density at radius 3 is 2.25 bits per heavy atom. The SMILES string of the molecule is CC1(c2ccccc2)N/C(=C\c2ccccc2)C(=O)O1. The Kier molecular flexibility index (Phi) is 3.03. The fourth-order valence-electron chi connectivity index (χ4n) is 2.27. The smallest absolute Gasteiger partial charge is 0.356 e. The number of hydrogen-bond donors (Lipinski definition) is 1. The summed E-state index contributed by atoms with van der Waals surface area (Å²) in [5.41, 5.74) is 1.55. The second-order valence-electron chi connectivity index (χ2n) is 4.88. The molecule has 2 aromatic carbocycles. The van der Waals surface area contributed by atoms with Crippen molar-refractivity contribution in [2.45, 2.75) is 12.6 Å². The number of carbonyl (C=O) groups is 1. The van der Waals surface area contributed by atoms with Crippen molar-refractivity contribution in [1.82, 2.24) is 5.32 Å². The van der Waals surface area contributed by atoms with Crippen LogP contribution in [0.15, 0.2) is 66.4 Å². The maximum atomic E-state index is 12.0. The topological polar surface area (TPSA) is 38.3 Å². The summed E-state index contributed by atoms with van der Waals surface area (Å²) in [4.78, 5) is 12.0. The molecule has 0 spiro atoms. The molecule has 0 radical (unpaired) electrons. The molecule has 1 heterocycles. The lowest BCUT2D eigenvalue weighted by Gasteiger charge is -2.23. The molecule has 2 aromatic rings. The van der Waals surface area contributed by atoms with Crippen LogP contribution in [0.2, 0.25) is 0 Å².